The van der Waals surface area contributed by atoms with Gasteiger partial charge in [-0.3, -0.25) is 9.30 Å². The van der Waals surface area contributed by atoms with E-state index in [9.17, 15) is 0 Å². The van der Waals surface area contributed by atoms with E-state index in [2.05, 4.69) is 20.2 Å². The van der Waals surface area contributed by atoms with Crippen molar-refractivity contribution in [2.45, 2.75) is 6.92 Å². The zero-order valence-corrected chi connectivity index (χ0v) is 18.0. The van der Waals surface area contributed by atoms with Crippen LogP contribution in [0.4, 0.5) is 11.5 Å². The molecule has 1 fully saturated rings. The Morgan fingerprint density at radius 2 is 2.03 bits per heavy atom. The van der Waals surface area contributed by atoms with Crippen LogP contribution < -0.4 is 10.1 Å². The standard InChI is InChI=1S/C22H23ClN6O2/c1-15-3-2-4-16(23)20(15)27-21-18-13-24-14-29(18)22-17(25-21)5-6-19(26-22)31-12-9-28-7-10-30-11-8-28/h2-6,13-14H,7-12H2,1H3,(H,25,27). The van der Waals surface area contributed by atoms with Crippen LogP contribution in [0.2, 0.25) is 5.02 Å². The number of morpholine rings is 1. The summed E-state index contributed by atoms with van der Waals surface area (Å²) in [6.45, 7) is 6.87. The van der Waals surface area contributed by atoms with Gasteiger partial charge in [-0.1, -0.05) is 23.7 Å². The number of hydrogen-bond acceptors (Lipinski definition) is 7. The first kappa shape index (κ1) is 20.0. The van der Waals surface area contributed by atoms with E-state index in [1.165, 1.54) is 0 Å². The second-order valence-corrected chi connectivity index (χ2v) is 7.87. The van der Waals surface area contributed by atoms with Crippen molar-refractivity contribution in [3.8, 4) is 5.88 Å². The molecule has 0 spiro atoms. The molecule has 160 valence electrons. The molecule has 1 aromatic carbocycles. The van der Waals surface area contributed by atoms with Gasteiger partial charge in [-0.25, -0.2) is 9.97 Å². The SMILES string of the molecule is Cc1cccc(Cl)c1Nc1nc2ccc(OCCN3CCOCC3)nc2n2cncc12. The maximum Gasteiger partial charge on any atom is 0.215 e. The fourth-order valence-electron chi connectivity index (χ4n) is 3.69. The maximum absolute atomic E-state index is 6.40. The summed E-state index contributed by atoms with van der Waals surface area (Å²) in [7, 11) is 0. The summed E-state index contributed by atoms with van der Waals surface area (Å²) < 4.78 is 13.2. The molecule has 1 N–H and O–H groups in total. The molecular formula is C22H23ClN6O2. The topological polar surface area (TPSA) is 76.8 Å². The molecule has 0 radical (unpaired) electrons. The summed E-state index contributed by atoms with van der Waals surface area (Å²) in [6.07, 6.45) is 3.49. The number of aromatic nitrogens is 4. The monoisotopic (exact) mass is 438 g/mol. The lowest BCUT2D eigenvalue weighted by atomic mass is 10.2. The van der Waals surface area contributed by atoms with Crippen molar-refractivity contribution in [1.82, 2.24) is 24.3 Å². The lowest BCUT2D eigenvalue weighted by molar-refractivity contribution is 0.0320. The fourth-order valence-corrected chi connectivity index (χ4v) is 3.96. The van der Waals surface area contributed by atoms with E-state index in [1.807, 2.05) is 41.7 Å². The molecule has 8 nitrogen and oxygen atoms in total. The minimum absolute atomic E-state index is 0.570. The highest BCUT2D eigenvalue weighted by molar-refractivity contribution is 6.33. The number of anilines is 2. The Kier molecular flexibility index (Phi) is 5.59. The molecule has 4 aromatic rings. The number of ether oxygens (including phenoxy) is 2. The highest BCUT2D eigenvalue weighted by Gasteiger charge is 2.14. The summed E-state index contributed by atoms with van der Waals surface area (Å²) in [5.74, 6) is 1.24. The van der Waals surface area contributed by atoms with Crippen molar-refractivity contribution in [2.75, 3.05) is 44.8 Å². The van der Waals surface area contributed by atoms with Crippen LogP contribution in [0.5, 0.6) is 5.88 Å². The number of nitrogens with one attached hydrogen (secondary N) is 1. The van der Waals surface area contributed by atoms with Gasteiger partial charge in [0.25, 0.3) is 0 Å². The molecule has 0 aliphatic carbocycles. The van der Waals surface area contributed by atoms with Crippen LogP contribution in [0.25, 0.3) is 16.7 Å². The molecule has 4 heterocycles. The first-order valence-electron chi connectivity index (χ1n) is 10.3. The number of pyridine rings is 1. The third-order valence-electron chi connectivity index (χ3n) is 5.40. The van der Waals surface area contributed by atoms with Gasteiger partial charge in [-0.05, 0) is 24.6 Å². The predicted molar refractivity (Wildman–Crippen MR) is 121 cm³/mol. The van der Waals surface area contributed by atoms with E-state index < -0.39 is 0 Å². The van der Waals surface area contributed by atoms with E-state index >= 15 is 0 Å². The maximum atomic E-state index is 6.40. The second-order valence-electron chi connectivity index (χ2n) is 7.46. The van der Waals surface area contributed by atoms with Crippen LogP contribution in [0, 0.1) is 6.92 Å². The van der Waals surface area contributed by atoms with Crippen LogP contribution in [0.1, 0.15) is 5.56 Å². The largest absolute Gasteiger partial charge is 0.476 e. The van der Waals surface area contributed by atoms with Crippen molar-refractivity contribution < 1.29 is 9.47 Å². The minimum atomic E-state index is 0.570. The molecule has 9 heteroatoms. The van der Waals surface area contributed by atoms with Crippen LogP contribution in [0.3, 0.4) is 0 Å². The highest BCUT2D eigenvalue weighted by Crippen LogP contribution is 2.31. The van der Waals surface area contributed by atoms with E-state index in [4.69, 9.17) is 26.1 Å². The van der Waals surface area contributed by atoms with Gasteiger partial charge in [-0.15, -0.1) is 0 Å². The van der Waals surface area contributed by atoms with Crippen LogP contribution in [-0.4, -0.2) is 63.7 Å². The molecule has 0 saturated carbocycles. The number of aryl methyl sites for hydroxylation is 1. The average molecular weight is 439 g/mol. The molecule has 0 atom stereocenters. The van der Waals surface area contributed by atoms with Crippen LogP contribution in [-0.2, 0) is 4.74 Å². The molecule has 31 heavy (non-hydrogen) atoms. The fraction of sp³-hybridized carbons (Fsp3) is 0.318. The van der Waals surface area contributed by atoms with Crippen LogP contribution in [0.15, 0.2) is 42.9 Å². The van der Waals surface area contributed by atoms with Gasteiger partial charge in [0.05, 0.1) is 30.1 Å². The Morgan fingerprint density at radius 3 is 2.87 bits per heavy atom. The van der Waals surface area contributed by atoms with E-state index in [1.54, 1.807) is 12.5 Å². The molecule has 0 unspecified atom stereocenters. The third-order valence-corrected chi connectivity index (χ3v) is 5.71. The first-order chi connectivity index (χ1) is 15.2. The molecule has 1 aliphatic heterocycles. The molecule has 5 rings (SSSR count). The van der Waals surface area contributed by atoms with Gasteiger partial charge in [-0.2, -0.15) is 4.98 Å². The average Bonchev–Trinajstić information content (AvgIpc) is 3.28. The Balaban J connectivity index is 1.41. The van der Waals surface area contributed by atoms with Crippen molar-refractivity contribution in [2.24, 2.45) is 0 Å². The Hall–Kier alpha value is -2.94. The van der Waals surface area contributed by atoms with Gasteiger partial charge in [0, 0.05) is 25.7 Å². The normalized spacial score (nSPS) is 14.9. The molecule has 3 aromatic heterocycles. The number of imidazole rings is 1. The zero-order valence-electron chi connectivity index (χ0n) is 17.2. The molecular weight excluding hydrogens is 416 g/mol. The summed E-state index contributed by atoms with van der Waals surface area (Å²) >= 11 is 6.40. The summed E-state index contributed by atoms with van der Waals surface area (Å²) in [4.78, 5) is 16.1. The number of halogens is 1. The lowest BCUT2D eigenvalue weighted by Gasteiger charge is -2.26. The number of para-hydroxylation sites is 1. The number of benzene rings is 1. The second kappa shape index (κ2) is 8.66. The van der Waals surface area contributed by atoms with Crippen molar-refractivity contribution in [3.63, 3.8) is 0 Å². The number of fused-ring (bicyclic) bond motifs is 3. The number of rotatable bonds is 6. The summed E-state index contributed by atoms with van der Waals surface area (Å²) in [6, 6.07) is 9.55. The van der Waals surface area contributed by atoms with Gasteiger partial charge in [0.1, 0.15) is 24.0 Å². The van der Waals surface area contributed by atoms with Gasteiger partial charge in [0.2, 0.25) is 5.88 Å². The smallest absolute Gasteiger partial charge is 0.215 e. The quantitative estimate of drug-likeness (QED) is 0.492. The Bertz CT molecular complexity index is 1200. The first-order valence-corrected chi connectivity index (χ1v) is 10.6. The van der Waals surface area contributed by atoms with Crippen molar-refractivity contribution >= 4 is 39.8 Å². The van der Waals surface area contributed by atoms with E-state index in [0.717, 1.165) is 55.1 Å². The summed E-state index contributed by atoms with van der Waals surface area (Å²) in [5, 5.41) is 4.01. The van der Waals surface area contributed by atoms with Crippen LogP contribution >= 0.6 is 11.6 Å². The Morgan fingerprint density at radius 1 is 1.16 bits per heavy atom. The van der Waals surface area contributed by atoms with Gasteiger partial charge >= 0.3 is 0 Å². The molecule has 0 bridgehead atoms. The predicted octanol–water partition coefficient (Wildman–Crippen LogP) is 3.69. The van der Waals surface area contributed by atoms with Crippen molar-refractivity contribution in [3.05, 3.63) is 53.4 Å². The van der Waals surface area contributed by atoms with E-state index in [-0.39, 0.29) is 0 Å². The van der Waals surface area contributed by atoms with Gasteiger partial charge < -0.3 is 14.8 Å². The summed E-state index contributed by atoms with van der Waals surface area (Å²) in [5.41, 5.74) is 4.10. The van der Waals surface area contributed by atoms with Gasteiger partial charge in [0.15, 0.2) is 11.5 Å². The highest BCUT2D eigenvalue weighted by atomic mass is 35.5. The van der Waals surface area contributed by atoms with Crippen molar-refractivity contribution in [1.29, 1.82) is 0 Å². The zero-order chi connectivity index (χ0) is 21.2. The van der Waals surface area contributed by atoms with E-state index in [0.29, 0.717) is 29.0 Å². The molecule has 0 amide bonds. The number of nitrogens with zero attached hydrogens (tertiary/aromatic N) is 5. The lowest BCUT2D eigenvalue weighted by Crippen LogP contribution is -2.38. The third kappa shape index (κ3) is 4.14. The number of hydrogen-bond donors (Lipinski definition) is 1. The minimum Gasteiger partial charge on any atom is -0.476 e. The Labute approximate surface area is 184 Å². The molecule has 1 aliphatic rings. The molecule has 1 saturated heterocycles.